The van der Waals surface area contributed by atoms with Crippen LogP contribution in [0.4, 0.5) is 70.2 Å². The Bertz CT molecular complexity index is 3000. The largest absolute Gasteiger partial charge is 0.490 e. The predicted molar refractivity (Wildman–Crippen MR) is 248 cm³/mol. The maximum absolute atomic E-state index is 15.8. The van der Waals surface area contributed by atoms with Crippen molar-refractivity contribution in [3.8, 4) is 11.5 Å². The van der Waals surface area contributed by atoms with Crippen molar-refractivity contribution in [1.29, 1.82) is 0 Å². The molecule has 384 valence electrons. The summed E-state index contributed by atoms with van der Waals surface area (Å²) in [7, 11) is -0.233. The SMILES string of the molecule is Fc1c(F)c(F)c([B-](c2c(F)c(F)c(F)c(F)c2Cl)(c2c(F)c(F)c(F)c(F)c2Cl)c2c(F)c(F)c(F)c(F)c2Cl)c(Cl)c1F.c1ccc(OCCOc2ccccc2[S+](c2ccccc2)c2ccccc2)cc1. The Morgan fingerprint density at radius 2 is 0.581 bits per heavy atom. The molecule has 0 fully saturated rings. The molecule has 0 heterocycles. The van der Waals surface area contributed by atoms with Crippen LogP contribution >= 0.6 is 46.4 Å². The zero-order valence-electron chi connectivity index (χ0n) is 36.2. The van der Waals surface area contributed by atoms with Crippen molar-refractivity contribution in [2.24, 2.45) is 0 Å². The van der Waals surface area contributed by atoms with Crippen molar-refractivity contribution >= 4 is 85.3 Å². The van der Waals surface area contributed by atoms with E-state index in [9.17, 15) is 52.7 Å². The van der Waals surface area contributed by atoms with Gasteiger partial charge in [-0.15, -0.1) is 21.9 Å². The third-order valence-electron chi connectivity index (χ3n) is 11.1. The molecule has 0 saturated carbocycles. The summed E-state index contributed by atoms with van der Waals surface area (Å²) in [4.78, 5) is 3.73. The monoisotopic (exact) mass is 1140 g/mol. The van der Waals surface area contributed by atoms with E-state index < -0.39 is 141 Å². The van der Waals surface area contributed by atoms with E-state index in [0.29, 0.717) is 13.2 Å². The second-order valence-corrected chi connectivity index (χ2v) is 18.7. The average molecular weight is 1140 g/mol. The lowest BCUT2D eigenvalue weighted by Crippen LogP contribution is -2.79. The van der Waals surface area contributed by atoms with Gasteiger partial charge in [0.15, 0.2) is 85.3 Å². The van der Waals surface area contributed by atoms with Crippen molar-refractivity contribution in [3.63, 3.8) is 0 Å². The second-order valence-electron chi connectivity index (χ2n) is 15.2. The van der Waals surface area contributed by atoms with Gasteiger partial charge in [0.2, 0.25) is 4.90 Å². The summed E-state index contributed by atoms with van der Waals surface area (Å²) >= 11 is 22.3. The Hall–Kier alpha value is -6.19. The summed E-state index contributed by atoms with van der Waals surface area (Å²) in [6.45, 7) is 0.996. The molecule has 74 heavy (non-hydrogen) atoms. The van der Waals surface area contributed by atoms with Gasteiger partial charge >= 0.3 is 0 Å². The zero-order valence-corrected chi connectivity index (χ0v) is 40.1. The van der Waals surface area contributed by atoms with E-state index in [1.54, 1.807) is 0 Å². The van der Waals surface area contributed by atoms with E-state index in [-0.39, 0.29) is 10.9 Å². The third-order valence-corrected chi connectivity index (χ3v) is 14.8. The summed E-state index contributed by atoms with van der Waals surface area (Å²) in [6, 6.07) is 39.4. The van der Waals surface area contributed by atoms with Crippen molar-refractivity contribution in [3.05, 3.63) is 228 Å². The molecule has 0 bridgehead atoms. The maximum Gasteiger partial charge on any atom is 0.208 e. The molecule has 0 saturated heterocycles. The van der Waals surface area contributed by atoms with E-state index in [1.165, 1.54) is 14.7 Å². The molecule has 2 nitrogen and oxygen atoms in total. The van der Waals surface area contributed by atoms with Crippen molar-refractivity contribution in [2.75, 3.05) is 13.2 Å². The normalized spacial score (nSPS) is 11.5. The van der Waals surface area contributed by atoms with Gasteiger partial charge in [-0.1, -0.05) is 113 Å². The highest BCUT2D eigenvalue weighted by molar-refractivity contribution is 7.97. The van der Waals surface area contributed by atoms with Gasteiger partial charge in [-0.05, 0) is 48.5 Å². The topological polar surface area (TPSA) is 18.5 Å². The smallest absolute Gasteiger partial charge is 0.208 e. The molecule has 24 heteroatoms. The van der Waals surface area contributed by atoms with Gasteiger partial charge in [-0.3, -0.25) is 0 Å². The van der Waals surface area contributed by atoms with Crippen molar-refractivity contribution in [2.45, 2.75) is 14.7 Å². The Labute approximate surface area is 430 Å². The molecule has 0 N–H and O–H groups in total. The molecule has 8 aromatic rings. The Balaban J connectivity index is 0.000000237. The molecule has 8 rings (SSSR count). The molecule has 0 aromatic heterocycles. The van der Waals surface area contributed by atoms with Crippen LogP contribution in [0.15, 0.2) is 130 Å². The number of ether oxygens (including phenoxy) is 2. The lowest BCUT2D eigenvalue weighted by atomic mass is 9.12. The molecule has 0 aliphatic heterocycles. The van der Waals surface area contributed by atoms with Crippen LogP contribution in [0.3, 0.4) is 0 Å². The van der Waals surface area contributed by atoms with Gasteiger partial charge in [-0.2, -0.15) is 0 Å². The molecule has 8 aromatic carbocycles. The minimum absolute atomic E-state index is 0.233. The van der Waals surface area contributed by atoms with Gasteiger partial charge in [0.05, 0.1) is 0 Å². The molecule has 0 unspecified atom stereocenters. The number of halogens is 20. The van der Waals surface area contributed by atoms with Crippen LogP contribution in [0.2, 0.25) is 20.1 Å². The Morgan fingerprint density at radius 3 is 0.919 bits per heavy atom. The molecular formula is C50H23BCl4F16O2S. The number of hydrogen-bond donors (Lipinski definition) is 0. The fourth-order valence-corrected chi connectivity index (χ4v) is 11.4. The van der Waals surface area contributed by atoms with Crippen LogP contribution in [0.1, 0.15) is 0 Å². The molecule has 0 spiro atoms. The molecule has 0 amide bonds. The highest BCUT2D eigenvalue weighted by Gasteiger charge is 2.51. The molecule has 0 aliphatic carbocycles. The van der Waals surface area contributed by atoms with Crippen molar-refractivity contribution in [1.82, 2.24) is 0 Å². The van der Waals surface area contributed by atoms with Gasteiger partial charge in [0.1, 0.15) is 59.3 Å². The fraction of sp³-hybridized carbons (Fsp3) is 0.0400. The number of rotatable bonds is 12. The van der Waals surface area contributed by atoms with Crippen LogP contribution in [-0.4, -0.2) is 19.4 Å². The summed E-state index contributed by atoms with van der Waals surface area (Å²) in [5, 5.41) is -9.69. The predicted octanol–water partition coefficient (Wildman–Crippen LogP) is 14.1. The first-order valence-corrected chi connectivity index (χ1v) is 23.3. The van der Waals surface area contributed by atoms with Gasteiger partial charge in [0, 0.05) is 20.1 Å². The zero-order chi connectivity index (χ0) is 54.1. The number of hydrogen-bond acceptors (Lipinski definition) is 2. The first-order chi connectivity index (χ1) is 35.1. The summed E-state index contributed by atoms with van der Waals surface area (Å²) in [6.07, 6.45) is -6.24. The Kier molecular flexibility index (Phi) is 17.1. The molecule has 0 radical (unpaired) electrons. The molecule has 0 atom stereocenters. The van der Waals surface area contributed by atoms with Gasteiger partial charge < -0.3 is 9.47 Å². The van der Waals surface area contributed by atoms with Crippen LogP contribution in [-0.2, 0) is 10.9 Å². The maximum atomic E-state index is 15.8. The quantitative estimate of drug-likeness (QED) is 0.0303. The lowest BCUT2D eigenvalue weighted by Gasteiger charge is -2.46. The first-order valence-electron chi connectivity index (χ1n) is 20.6. The highest BCUT2D eigenvalue weighted by Crippen LogP contribution is 2.38. The van der Waals surface area contributed by atoms with E-state index in [2.05, 4.69) is 72.8 Å². The summed E-state index contributed by atoms with van der Waals surface area (Å²) in [5.41, 5.74) is -10.7. The van der Waals surface area contributed by atoms with Gasteiger partial charge in [-0.25, -0.2) is 70.2 Å². The minimum Gasteiger partial charge on any atom is -0.490 e. The average Bonchev–Trinajstić information content (AvgIpc) is 3.41. The van der Waals surface area contributed by atoms with Crippen LogP contribution in [0.25, 0.3) is 0 Å². The molecule has 0 aliphatic rings. The van der Waals surface area contributed by atoms with E-state index in [0.717, 1.165) is 11.5 Å². The van der Waals surface area contributed by atoms with Crippen LogP contribution < -0.4 is 31.3 Å². The Morgan fingerprint density at radius 1 is 0.311 bits per heavy atom. The molecular weight excluding hydrogens is 1120 g/mol. The third kappa shape index (κ3) is 9.82. The fourth-order valence-electron chi connectivity index (χ4n) is 7.94. The number of para-hydroxylation sites is 2. The first kappa shape index (κ1) is 55.6. The van der Waals surface area contributed by atoms with Crippen LogP contribution in [0.5, 0.6) is 11.5 Å². The van der Waals surface area contributed by atoms with E-state index >= 15 is 17.6 Å². The standard InChI is InChI=1S/C26H23O2S.C24BCl4F16/c1-4-12-22(13-5-1)27-20-21-28-25-18-10-11-19-26(25)29(23-14-6-2-7-15-23)24-16-8-3-9-17-24;26-5-1(9(30)17(38)21(42)13(5)34)25(2-6(27)14(35)22(43)18(39)10(2)31,3-7(28)15(36)23(44)19(40)11(3)32)4-8(29)16(37)24(45)20(41)12(4)33/h1-19H,20-21H2;/q+1;-1. The number of benzene rings is 8. The summed E-state index contributed by atoms with van der Waals surface area (Å²) in [5.74, 6) is -46.5. The lowest BCUT2D eigenvalue weighted by molar-refractivity contribution is 0.214. The van der Waals surface area contributed by atoms with Gasteiger partial charge in [0.25, 0.3) is 0 Å². The van der Waals surface area contributed by atoms with Crippen LogP contribution in [0, 0.1) is 93.1 Å². The van der Waals surface area contributed by atoms with E-state index in [1.807, 2.05) is 42.5 Å². The minimum atomic E-state index is -6.24. The van der Waals surface area contributed by atoms with E-state index in [4.69, 9.17) is 55.9 Å². The second kappa shape index (κ2) is 22.7. The van der Waals surface area contributed by atoms with Crippen molar-refractivity contribution < 1.29 is 79.7 Å². The highest BCUT2D eigenvalue weighted by atomic mass is 35.5. The summed E-state index contributed by atoms with van der Waals surface area (Å²) < 4.78 is 250.